The van der Waals surface area contributed by atoms with Crippen LogP contribution in [-0.4, -0.2) is 23.8 Å². The average molecular weight is 235 g/mol. The van der Waals surface area contributed by atoms with Gasteiger partial charge in [0.15, 0.2) is 5.69 Å². The summed E-state index contributed by atoms with van der Waals surface area (Å²) in [5.41, 5.74) is 5.89. The van der Waals surface area contributed by atoms with E-state index in [4.69, 9.17) is 20.5 Å². The Labute approximate surface area is 101 Å². The van der Waals surface area contributed by atoms with Gasteiger partial charge in [-0.05, 0) is 26.8 Å². The second-order valence-corrected chi connectivity index (χ2v) is 4.51. The summed E-state index contributed by atoms with van der Waals surface area (Å²) in [5.74, 6) is 0.383. The van der Waals surface area contributed by atoms with E-state index in [-0.39, 0.29) is 11.3 Å². The maximum Gasteiger partial charge on any atom is 0.214 e. The lowest BCUT2D eigenvalue weighted by Crippen LogP contribution is -2.22. The van der Waals surface area contributed by atoms with E-state index in [0.29, 0.717) is 24.8 Å². The minimum absolute atomic E-state index is 0.180. The molecule has 92 valence electrons. The van der Waals surface area contributed by atoms with Gasteiger partial charge in [0.2, 0.25) is 5.88 Å². The Morgan fingerprint density at radius 2 is 2.06 bits per heavy atom. The van der Waals surface area contributed by atoms with Crippen molar-refractivity contribution in [2.24, 2.45) is 0 Å². The van der Waals surface area contributed by atoms with Crippen molar-refractivity contribution in [1.82, 2.24) is 4.98 Å². The standard InChI is InChI=1S/C12H17N3O2/c1-12(2,3)17-7-6-16-11-5-4-9(14)10(8-13)15-11/h4-5H,6-7,14H2,1-3H3. The second kappa shape index (κ2) is 5.51. The van der Waals surface area contributed by atoms with Crippen LogP contribution in [-0.2, 0) is 4.74 Å². The third-order valence-corrected chi connectivity index (χ3v) is 1.88. The lowest BCUT2D eigenvalue weighted by molar-refractivity contribution is -0.0168. The van der Waals surface area contributed by atoms with Crippen molar-refractivity contribution >= 4 is 5.69 Å². The molecule has 0 saturated carbocycles. The summed E-state index contributed by atoms with van der Waals surface area (Å²) in [4.78, 5) is 3.96. The Morgan fingerprint density at radius 1 is 1.35 bits per heavy atom. The van der Waals surface area contributed by atoms with Crippen molar-refractivity contribution < 1.29 is 9.47 Å². The number of ether oxygens (including phenoxy) is 2. The summed E-state index contributed by atoms with van der Waals surface area (Å²) in [6.07, 6.45) is 0. The smallest absolute Gasteiger partial charge is 0.214 e. The molecule has 1 heterocycles. The molecule has 0 aliphatic rings. The minimum atomic E-state index is -0.185. The minimum Gasteiger partial charge on any atom is -0.475 e. The fourth-order valence-corrected chi connectivity index (χ4v) is 1.12. The molecular formula is C12H17N3O2. The summed E-state index contributed by atoms with van der Waals surface area (Å²) in [6, 6.07) is 5.14. The number of hydrogen-bond donors (Lipinski definition) is 1. The molecule has 0 unspecified atom stereocenters. The third kappa shape index (κ3) is 4.70. The summed E-state index contributed by atoms with van der Waals surface area (Å²) in [5, 5.41) is 8.75. The van der Waals surface area contributed by atoms with Gasteiger partial charge in [0.1, 0.15) is 12.7 Å². The fourth-order valence-electron chi connectivity index (χ4n) is 1.12. The maximum atomic E-state index is 8.75. The number of hydrogen-bond acceptors (Lipinski definition) is 5. The Bertz CT molecular complexity index is 419. The van der Waals surface area contributed by atoms with Crippen LogP contribution in [0.25, 0.3) is 0 Å². The van der Waals surface area contributed by atoms with Gasteiger partial charge in [0.25, 0.3) is 0 Å². The lowest BCUT2D eigenvalue weighted by Gasteiger charge is -2.19. The fraction of sp³-hybridized carbons (Fsp3) is 0.500. The van der Waals surface area contributed by atoms with E-state index in [9.17, 15) is 0 Å². The van der Waals surface area contributed by atoms with E-state index in [1.807, 2.05) is 26.8 Å². The normalized spacial score (nSPS) is 10.9. The Balaban J connectivity index is 2.45. The molecule has 2 N–H and O–H groups in total. The highest BCUT2D eigenvalue weighted by atomic mass is 16.5. The van der Waals surface area contributed by atoms with Crippen molar-refractivity contribution in [2.75, 3.05) is 18.9 Å². The van der Waals surface area contributed by atoms with Crippen LogP contribution in [0.15, 0.2) is 12.1 Å². The molecule has 5 heteroatoms. The second-order valence-electron chi connectivity index (χ2n) is 4.51. The van der Waals surface area contributed by atoms with E-state index in [1.54, 1.807) is 12.1 Å². The zero-order valence-corrected chi connectivity index (χ0v) is 10.4. The van der Waals surface area contributed by atoms with Crippen LogP contribution in [0.1, 0.15) is 26.5 Å². The van der Waals surface area contributed by atoms with Crippen LogP contribution < -0.4 is 10.5 Å². The average Bonchev–Trinajstić information content (AvgIpc) is 2.25. The molecule has 1 aromatic heterocycles. The maximum absolute atomic E-state index is 8.75. The van der Waals surface area contributed by atoms with E-state index >= 15 is 0 Å². The molecule has 0 aromatic carbocycles. The first-order valence-electron chi connectivity index (χ1n) is 5.36. The van der Waals surface area contributed by atoms with Gasteiger partial charge < -0.3 is 15.2 Å². The molecular weight excluding hydrogens is 218 g/mol. The van der Waals surface area contributed by atoms with Crippen LogP contribution in [0.3, 0.4) is 0 Å². The summed E-state index contributed by atoms with van der Waals surface area (Å²) in [6.45, 7) is 6.78. The molecule has 0 bridgehead atoms. The number of aromatic nitrogens is 1. The predicted octanol–water partition coefficient (Wildman–Crippen LogP) is 1.73. The molecule has 1 rings (SSSR count). The molecule has 0 spiro atoms. The molecule has 1 aromatic rings. The van der Waals surface area contributed by atoms with Crippen molar-refractivity contribution in [1.29, 1.82) is 5.26 Å². The highest BCUT2D eigenvalue weighted by Crippen LogP contribution is 2.14. The van der Waals surface area contributed by atoms with Gasteiger partial charge in [-0.3, -0.25) is 0 Å². The molecule has 0 atom stereocenters. The molecule has 0 aliphatic carbocycles. The molecule has 0 amide bonds. The Kier molecular flexibility index (Phi) is 4.30. The van der Waals surface area contributed by atoms with Crippen LogP contribution in [0.5, 0.6) is 5.88 Å². The molecule has 17 heavy (non-hydrogen) atoms. The molecule has 0 saturated heterocycles. The molecule has 0 aliphatic heterocycles. The number of nitrogens with zero attached hydrogens (tertiary/aromatic N) is 2. The number of nitrogens with two attached hydrogens (primary N) is 1. The van der Waals surface area contributed by atoms with Crippen molar-refractivity contribution in [3.63, 3.8) is 0 Å². The zero-order valence-electron chi connectivity index (χ0n) is 10.4. The topological polar surface area (TPSA) is 81.2 Å². The van der Waals surface area contributed by atoms with Gasteiger partial charge in [-0.25, -0.2) is 4.98 Å². The van der Waals surface area contributed by atoms with Crippen LogP contribution in [0.4, 0.5) is 5.69 Å². The Morgan fingerprint density at radius 3 is 2.65 bits per heavy atom. The van der Waals surface area contributed by atoms with Gasteiger partial charge in [-0.2, -0.15) is 5.26 Å². The van der Waals surface area contributed by atoms with Crippen LogP contribution in [0, 0.1) is 11.3 Å². The molecule has 0 radical (unpaired) electrons. The van der Waals surface area contributed by atoms with Crippen LogP contribution in [0.2, 0.25) is 0 Å². The van der Waals surface area contributed by atoms with Crippen LogP contribution >= 0.6 is 0 Å². The zero-order chi connectivity index (χ0) is 12.9. The van der Waals surface area contributed by atoms with Gasteiger partial charge in [0, 0.05) is 6.07 Å². The van der Waals surface area contributed by atoms with E-state index in [1.165, 1.54) is 0 Å². The quantitative estimate of drug-likeness (QED) is 0.804. The highest BCUT2D eigenvalue weighted by molar-refractivity contribution is 5.50. The van der Waals surface area contributed by atoms with E-state index in [0.717, 1.165) is 0 Å². The Hall–Kier alpha value is -1.80. The molecule has 0 fully saturated rings. The first-order chi connectivity index (χ1) is 7.92. The summed E-state index contributed by atoms with van der Waals surface area (Å²) >= 11 is 0. The molecule has 5 nitrogen and oxygen atoms in total. The van der Waals surface area contributed by atoms with Crippen molar-refractivity contribution in [3.05, 3.63) is 17.8 Å². The number of pyridine rings is 1. The summed E-state index contributed by atoms with van der Waals surface area (Å²) < 4.78 is 10.8. The SMILES string of the molecule is CC(C)(C)OCCOc1ccc(N)c(C#N)n1. The monoisotopic (exact) mass is 235 g/mol. The van der Waals surface area contributed by atoms with Gasteiger partial charge in [-0.15, -0.1) is 0 Å². The van der Waals surface area contributed by atoms with Gasteiger partial charge >= 0.3 is 0 Å². The first-order valence-corrected chi connectivity index (χ1v) is 5.36. The number of anilines is 1. The number of nitriles is 1. The summed E-state index contributed by atoms with van der Waals surface area (Å²) in [7, 11) is 0. The largest absolute Gasteiger partial charge is 0.475 e. The van der Waals surface area contributed by atoms with Gasteiger partial charge in [-0.1, -0.05) is 0 Å². The van der Waals surface area contributed by atoms with Crippen molar-refractivity contribution in [3.8, 4) is 11.9 Å². The highest BCUT2D eigenvalue weighted by Gasteiger charge is 2.09. The van der Waals surface area contributed by atoms with Crippen molar-refractivity contribution in [2.45, 2.75) is 26.4 Å². The first kappa shape index (κ1) is 13.3. The number of nitrogen functional groups attached to an aromatic ring is 1. The van der Waals surface area contributed by atoms with E-state index < -0.39 is 0 Å². The number of rotatable bonds is 4. The van der Waals surface area contributed by atoms with E-state index in [2.05, 4.69) is 4.98 Å². The van der Waals surface area contributed by atoms with Gasteiger partial charge in [0.05, 0.1) is 17.9 Å². The lowest BCUT2D eigenvalue weighted by atomic mass is 10.2. The third-order valence-electron chi connectivity index (χ3n) is 1.88. The predicted molar refractivity (Wildman–Crippen MR) is 64.6 cm³/mol.